The fourth-order valence-corrected chi connectivity index (χ4v) is 3.09. The lowest BCUT2D eigenvalue weighted by Crippen LogP contribution is -2.35. The third-order valence-corrected chi connectivity index (χ3v) is 4.38. The minimum Gasteiger partial charge on any atom is -0.481 e. The topological polar surface area (TPSA) is 71.1 Å². The molecule has 23 heavy (non-hydrogen) atoms. The van der Waals surface area contributed by atoms with Crippen molar-refractivity contribution < 1.29 is 9.13 Å². The molecule has 6 nitrogen and oxygen atoms in total. The Hall–Kier alpha value is -1.93. The van der Waals surface area contributed by atoms with Gasteiger partial charge in [-0.05, 0) is 12.3 Å². The second-order valence-electron chi connectivity index (χ2n) is 5.28. The molecule has 0 spiro atoms. The van der Waals surface area contributed by atoms with Crippen molar-refractivity contribution in [3.63, 3.8) is 0 Å². The number of methoxy groups -OCH3 is 1. The molecule has 0 aliphatic carbocycles. The molecule has 122 valence electrons. The van der Waals surface area contributed by atoms with Gasteiger partial charge in [0.1, 0.15) is 5.82 Å². The molecular weight excluding hydrogens is 319 g/mol. The highest BCUT2D eigenvalue weighted by Gasteiger charge is 2.22. The number of H-pyrrole nitrogens is 1. The Labute approximate surface area is 137 Å². The normalized spacial score (nSPS) is 14.6. The lowest BCUT2D eigenvalue weighted by molar-refractivity contribution is 0.236. The monoisotopic (exact) mass is 336 g/mol. The molecule has 0 radical (unpaired) electrons. The maximum absolute atomic E-state index is 13.4. The molecule has 0 atom stereocenters. The molecule has 0 amide bonds. The van der Waals surface area contributed by atoms with Crippen LogP contribution in [-0.2, 0) is 19.5 Å². The van der Waals surface area contributed by atoms with E-state index in [-0.39, 0.29) is 5.56 Å². The zero-order chi connectivity index (χ0) is 16.4. The van der Waals surface area contributed by atoms with Crippen molar-refractivity contribution in [3.8, 4) is 5.88 Å². The van der Waals surface area contributed by atoms with Gasteiger partial charge >= 0.3 is 0 Å². The average molecular weight is 336 g/mol. The maximum Gasteiger partial charge on any atom is 0.256 e. The van der Waals surface area contributed by atoms with Crippen LogP contribution in [0.4, 0.5) is 4.39 Å². The zero-order valence-corrected chi connectivity index (χ0v) is 13.7. The highest BCUT2D eigenvalue weighted by Crippen LogP contribution is 2.22. The van der Waals surface area contributed by atoms with Crippen LogP contribution in [0.1, 0.15) is 16.8 Å². The third-order valence-electron chi connectivity index (χ3n) is 3.80. The van der Waals surface area contributed by atoms with Crippen molar-refractivity contribution in [2.75, 3.05) is 19.9 Å². The predicted octanol–water partition coefficient (Wildman–Crippen LogP) is 1.59. The smallest absolute Gasteiger partial charge is 0.256 e. The molecule has 2 aromatic heterocycles. The maximum atomic E-state index is 13.4. The van der Waals surface area contributed by atoms with Gasteiger partial charge in [0.2, 0.25) is 5.88 Å². The second kappa shape index (κ2) is 6.67. The molecule has 0 saturated heterocycles. The molecule has 0 saturated carbocycles. The van der Waals surface area contributed by atoms with E-state index in [1.165, 1.54) is 24.9 Å². The van der Waals surface area contributed by atoms with E-state index >= 15 is 0 Å². The van der Waals surface area contributed by atoms with E-state index in [1.54, 1.807) is 0 Å². The first-order valence-corrected chi connectivity index (χ1v) is 8.40. The summed E-state index contributed by atoms with van der Waals surface area (Å²) in [6, 6.07) is 1.42. The molecule has 1 N–H and O–H groups in total. The van der Waals surface area contributed by atoms with Crippen molar-refractivity contribution in [1.29, 1.82) is 0 Å². The van der Waals surface area contributed by atoms with Crippen LogP contribution < -0.4 is 10.3 Å². The zero-order valence-electron chi connectivity index (χ0n) is 12.9. The van der Waals surface area contributed by atoms with Crippen molar-refractivity contribution in [1.82, 2.24) is 19.9 Å². The Morgan fingerprint density at radius 2 is 2.35 bits per heavy atom. The SMILES string of the molecule is COc1ncc(F)cc1CN1CCc2nc(SC)[nH]c(=O)c2C1. The molecule has 0 aromatic carbocycles. The van der Waals surface area contributed by atoms with Gasteiger partial charge in [0, 0.05) is 31.6 Å². The van der Waals surface area contributed by atoms with Crippen LogP contribution in [0.5, 0.6) is 5.88 Å². The summed E-state index contributed by atoms with van der Waals surface area (Å²) in [5.74, 6) is 0.00398. The van der Waals surface area contributed by atoms with Crippen LogP contribution in [0.15, 0.2) is 22.2 Å². The summed E-state index contributed by atoms with van der Waals surface area (Å²) in [6.07, 6.45) is 3.70. The van der Waals surface area contributed by atoms with Crippen LogP contribution in [0, 0.1) is 5.82 Å². The number of hydrogen-bond acceptors (Lipinski definition) is 6. The van der Waals surface area contributed by atoms with Gasteiger partial charge in [0.25, 0.3) is 5.56 Å². The number of rotatable bonds is 4. The van der Waals surface area contributed by atoms with Gasteiger partial charge in [-0.3, -0.25) is 9.69 Å². The summed E-state index contributed by atoms with van der Waals surface area (Å²) in [6.45, 7) is 1.69. The van der Waals surface area contributed by atoms with E-state index in [0.717, 1.165) is 18.4 Å². The van der Waals surface area contributed by atoms with E-state index in [4.69, 9.17) is 4.74 Å². The average Bonchev–Trinajstić information content (AvgIpc) is 2.55. The van der Waals surface area contributed by atoms with Gasteiger partial charge in [-0.25, -0.2) is 14.4 Å². The molecule has 1 aliphatic heterocycles. The minimum absolute atomic E-state index is 0.103. The number of aromatic amines is 1. The number of nitrogens with zero attached hydrogens (tertiary/aromatic N) is 3. The van der Waals surface area contributed by atoms with Crippen molar-refractivity contribution in [2.45, 2.75) is 24.7 Å². The first-order valence-electron chi connectivity index (χ1n) is 7.17. The molecule has 3 rings (SSSR count). The van der Waals surface area contributed by atoms with Gasteiger partial charge in [0.15, 0.2) is 5.16 Å². The van der Waals surface area contributed by atoms with Crippen LogP contribution in [0.25, 0.3) is 0 Å². The van der Waals surface area contributed by atoms with Gasteiger partial charge in [-0.15, -0.1) is 0 Å². The summed E-state index contributed by atoms with van der Waals surface area (Å²) in [7, 11) is 1.51. The highest BCUT2D eigenvalue weighted by atomic mass is 32.2. The van der Waals surface area contributed by atoms with Gasteiger partial charge in [-0.2, -0.15) is 0 Å². The molecule has 3 heterocycles. The molecule has 1 aliphatic rings. The summed E-state index contributed by atoms with van der Waals surface area (Å²) >= 11 is 1.42. The van der Waals surface area contributed by atoms with Gasteiger partial charge in [-0.1, -0.05) is 11.8 Å². The molecule has 0 unspecified atom stereocenters. The number of aromatic nitrogens is 3. The molecule has 0 bridgehead atoms. The van der Waals surface area contributed by atoms with Gasteiger partial charge < -0.3 is 9.72 Å². The Kier molecular flexibility index (Phi) is 4.63. The largest absolute Gasteiger partial charge is 0.481 e. The van der Waals surface area contributed by atoms with Crippen LogP contribution >= 0.6 is 11.8 Å². The Morgan fingerprint density at radius 3 is 3.09 bits per heavy atom. The summed E-state index contributed by atoms with van der Waals surface area (Å²) in [5, 5.41) is 0.637. The summed E-state index contributed by atoms with van der Waals surface area (Å²) in [5.41, 5.74) is 2.09. The second-order valence-corrected chi connectivity index (χ2v) is 6.08. The number of nitrogens with one attached hydrogen (secondary N) is 1. The third kappa shape index (κ3) is 3.37. The fraction of sp³-hybridized carbons (Fsp3) is 0.400. The molecule has 0 fully saturated rings. The van der Waals surface area contributed by atoms with E-state index in [0.29, 0.717) is 41.7 Å². The summed E-state index contributed by atoms with van der Waals surface area (Å²) < 4.78 is 18.6. The lowest BCUT2D eigenvalue weighted by Gasteiger charge is -2.27. The predicted molar refractivity (Wildman–Crippen MR) is 85.2 cm³/mol. The van der Waals surface area contributed by atoms with E-state index in [9.17, 15) is 9.18 Å². The number of hydrogen-bond donors (Lipinski definition) is 1. The number of ether oxygens (including phenoxy) is 1. The van der Waals surface area contributed by atoms with Crippen LogP contribution in [0.2, 0.25) is 0 Å². The van der Waals surface area contributed by atoms with Crippen LogP contribution in [0.3, 0.4) is 0 Å². The quantitative estimate of drug-likeness (QED) is 0.675. The fourth-order valence-electron chi connectivity index (χ4n) is 2.70. The van der Waals surface area contributed by atoms with Crippen molar-refractivity contribution in [3.05, 3.63) is 45.3 Å². The molecule has 8 heteroatoms. The first-order chi connectivity index (χ1) is 11.1. The van der Waals surface area contributed by atoms with Crippen LogP contribution in [-0.4, -0.2) is 39.8 Å². The Balaban J connectivity index is 1.83. The highest BCUT2D eigenvalue weighted by molar-refractivity contribution is 7.98. The van der Waals surface area contributed by atoms with Crippen molar-refractivity contribution in [2.24, 2.45) is 0 Å². The Morgan fingerprint density at radius 1 is 1.52 bits per heavy atom. The number of pyridine rings is 1. The number of fused-ring (bicyclic) bond motifs is 1. The van der Waals surface area contributed by atoms with E-state index < -0.39 is 5.82 Å². The standard InChI is InChI=1S/C15H17FN4O2S/c1-22-14-9(5-10(16)6-17-14)7-20-4-3-12-11(8-20)13(21)19-15(18-12)23-2/h5-6H,3-4,7-8H2,1-2H3,(H,18,19,21). The van der Waals surface area contributed by atoms with E-state index in [1.807, 2.05) is 6.26 Å². The summed E-state index contributed by atoms with van der Waals surface area (Å²) in [4.78, 5) is 25.4. The minimum atomic E-state index is -0.401. The number of thioether (sulfide) groups is 1. The molecular formula is C15H17FN4O2S. The van der Waals surface area contributed by atoms with Gasteiger partial charge in [0.05, 0.1) is 24.6 Å². The Bertz CT molecular complexity index is 781. The van der Waals surface area contributed by atoms with E-state index in [2.05, 4.69) is 19.9 Å². The number of halogens is 1. The lowest BCUT2D eigenvalue weighted by atomic mass is 10.1. The molecule has 2 aromatic rings. The first kappa shape index (κ1) is 15.9. The van der Waals surface area contributed by atoms with Crippen molar-refractivity contribution >= 4 is 11.8 Å².